The highest BCUT2D eigenvalue weighted by Crippen LogP contribution is 2.33. The third kappa shape index (κ3) is 6.29. The molecule has 8 heteroatoms. The molecule has 0 fully saturated rings. The fraction of sp³-hybridized carbons (Fsp3) is 0.323. The lowest BCUT2D eigenvalue weighted by Crippen LogP contribution is -2.62. The van der Waals surface area contributed by atoms with Gasteiger partial charge in [0.1, 0.15) is 13.1 Å². The minimum absolute atomic E-state index is 0.0340. The highest BCUT2D eigenvalue weighted by atomic mass is 16.4. The number of tetrazole rings is 1. The van der Waals surface area contributed by atoms with Gasteiger partial charge < -0.3 is 5.11 Å². The van der Waals surface area contributed by atoms with Crippen LogP contribution < -0.4 is 0 Å². The second-order valence-corrected chi connectivity index (χ2v) is 10.3. The summed E-state index contributed by atoms with van der Waals surface area (Å²) < 4.78 is -0.157. The number of unbranched alkanes of at least 4 members (excludes halogenated alkanes) is 1. The summed E-state index contributed by atoms with van der Waals surface area (Å²) in [6.07, 6.45) is 1.94. The Balaban J connectivity index is 1.76. The minimum Gasteiger partial charge on any atom is -0.477 e. The van der Waals surface area contributed by atoms with Crippen molar-refractivity contribution in [2.75, 3.05) is 0 Å². The molecule has 4 aromatic rings. The summed E-state index contributed by atoms with van der Waals surface area (Å²) in [6, 6.07) is 24.7. The van der Waals surface area contributed by atoms with Crippen molar-refractivity contribution in [3.05, 3.63) is 90.0 Å². The number of aromatic amines is 1. The molecule has 0 aliphatic rings. The van der Waals surface area contributed by atoms with Crippen LogP contribution >= 0.6 is 0 Å². The van der Waals surface area contributed by atoms with Crippen molar-refractivity contribution < 1.29 is 19.2 Å². The number of carbonyl (C=O) groups is 2. The monoisotopic (exact) mass is 526 g/mol. The van der Waals surface area contributed by atoms with Gasteiger partial charge in [-0.1, -0.05) is 106 Å². The predicted molar refractivity (Wildman–Crippen MR) is 150 cm³/mol. The summed E-state index contributed by atoms with van der Waals surface area (Å²) in [6.45, 7) is 6.44. The average Bonchev–Trinajstić information content (AvgIpc) is 3.47. The van der Waals surface area contributed by atoms with Gasteiger partial charge in [0, 0.05) is 22.6 Å². The number of aliphatic carboxylic acids is 1. The Hall–Kier alpha value is -4.17. The molecule has 39 heavy (non-hydrogen) atoms. The van der Waals surface area contributed by atoms with Crippen LogP contribution in [0.3, 0.4) is 0 Å². The van der Waals surface area contributed by atoms with E-state index in [1.165, 1.54) is 0 Å². The lowest BCUT2D eigenvalue weighted by atomic mass is 9.94. The smallest absolute Gasteiger partial charge is 0.363 e. The maximum absolute atomic E-state index is 14.0. The number of benzene rings is 3. The SMILES string of the molecule is CCCCC(=O)[N+](Cc1ccccc1)(Cc1ccc(-c2ccccc2-c2nn[nH]n2)cc1)[C@@H](C(=O)O)C(C)C. The van der Waals surface area contributed by atoms with Gasteiger partial charge in [-0.2, -0.15) is 5.21 Å². The fourth-order valence-corrected chi connectivity index (χ4v) is 5.43. The van der Waals surface area contributed by atoms with Crippen LogP contribution in [0, 0.1) is 5.92 Å². The summed E-state index contributed by atoms with van der Waals surface area (Å²) in [4.78, 5) is 26.8. The van der Waals surface area contributed by atoms with Crippen molar-refractivity contribution in [3.8, 4) is 22.5 Å². The Bertz CT molecular complexity index is 1370. The lowest BCUT2D eigenvalue weighted by Gasteiger charge is -2.42. The first-order valence-corrected chi connectivity index (χ1v) is 13.4. The molecule has 0 spiro atoms. The zero-order chi connectivity index (χ0) is 27.8. The van der Waals surface area contributed by atoms with Gasteiger partial charge in [0.05, 0.1) is 6.42 Å². The van der Waals surface area contributed by atoms with E-state index in [2.05, 4.69) is 20.6 Å². The van der Waals surface area contributed by atoms with E-state index in [-0.39, 0.29) is 16.3 Å². The number of quaternary nitrogens is 1. The van der Waals surface area contributed by atoms with E-state index in [1.807, 2.05) is 99.6 Å². The molecule has 0 saturated heterocycles. The molecule has 1 unspecified atom stereocenters. The molecule has 1 aromatic heterocycles. The molecule has 8 nitrogen and oxygen atoms in total. The molecule has 4 rings (SSSR count). The summed E-state index contributed by atoms with van der Waals surface area (Å²) in [5, 5.41) is 24.9. The van der Waals surface area contributed by atoms with Crippen LogP contribution in [-0.4, -0.2) is 48.1 Å². The third-order valence-corrected chi connectivity index (χ3v) is 7.21. The molecule has 0 saturated carbocycles. The second kappa shape index (κ2) is 12.6. The number of aromatic nitrogens is 4. The number of nitrogens with one attached hydrogen (secondary N) is 1. The molecule has 0 bridgehead atoms. The first-order chi connectivity index (χ1) is 18.9. The normalized spacial score (nSPS) is 13.6. The van der Waals surface area contributed by atoms with E-state index < -0.39 is 12.0 Å². The van der Waals surface area contributed by atoms with E-state index >= 15 is 0 Å². The number of carboxylic acid groups (broad SMARTS) is 1. The van der Waals surface area contributed by atoms with Gasteiger partial charge in [-0.25, -0.2) is 14.1 Å². The second-order valence-electron chi connectivity index (χ2n) is 10.3. The largest absolute Gasteiger partial charge is 0.477 e. The molecule has 0 aliphatic carbocycles. The van der Waals surface area contributed by atoms with Crippen LogP contribution in [0.25, 0.3) is 22.5 Å². The molecule has 202 valence electrons. The van der Waals surface area contributed by atoms with E-state index in [9.17, 15) is 14.7 Å². The highest BCUT2D eigenvalue weighted by Gasteiger charge is 2.49. The van der Waals surface area contributed by atoms with Crippen LogP contribution in [-0.2, 0) is 22.7 Å². The molecule has 0 radical (unpaired) electrons. The maximum atomic E-state index is 14.0. The summed E-state index contributed by atoms with van der Waals surface area (Å²) in [5.74, 6) is -0.710. The Labute approximate surface area is 229 Å². The van der Waals surface area contributed by atoms with Crippen molar-refractivity contribution in [1.29, 1.82) is 0 Å². The molecule has 1 heterocycles. The van der Waals surface area contributed by atoms with Crippen LogP contribution in [0.1, 0.15) is 51.2 Å². The summed E-state index contributed by atoms with van der Waals surface area (Å²) in [7, 11) is 0. The van der Waals surface area contributed by atoms with Gasteiger partial charge in [-0.15, -0.1) is 10.2 Å². The predicted octanol–water partition coefficient (Wildman–Crippen LogP) is 5.88. The highest BCUT2D eigenvalue weighted by molar-refractivity contribution is 5.80. The number of H-pyrrole nitrogens is 1. The number of hydrogen-bond acceptors (Lipinski definition) is 5. The Morgan fingerprint density at radius 2 is 1.49 bits per heavy atom. The molecule has 2 N–H and O–H groups in total. The molecule has 0 aliphatic heterocycles. The molecule has 2 atom stereocenters. The van der Waals surface area contributed by atoms with Gasteiger partial charge in [0.15, 0.2) is 6.04 Å². The third-order valence-electron chi connectivity index (χ3n) is 7.21. The van der Waals surface area contributed by atoms with E-state index in [0.717, 1.165) is 40.7 Å². The van der Waals surface area contributed by atoms with Crippen LogP contribution in [0.4, 0.5) is 0 Å². The van der Waals surface area contributed by atoms with Crippen molar-refractivity contribution >= 4 is 11.9 Å². The van der Waals surface area contributed by atoms with Gasteiger partial charge >= 0.3 is 11.9 Å². The first-order valence-electron chi connectivity index (χ1n) is 13.4. The topological polar surface area (TPSA) is 109 Å². The lowest BCUT2D eigenvalue weighted by molar-refractivity contribution is -0.900. The van der Waals surface area contributed by atoms with Crippen molar-refractivity contribution in [3.63, 3.8) is 0 Å². The maximum Gasteiger partial charge on any atom is 0.363 e. The number of carbonyl (C=O) groups excluding carboxylic acids is 1. The average molecular weight is 527 g/mol. The number of rotatable bonds is 12. The first kappa shape index (κ1) is 27.9. The minimum atomic E-state index is -0.948. The Morgan fingerprint density at radius 3 is 2.05 bits per heavy atom. The van der Waals surface area contributed by atoms with Crippen molar-refractivity contribution in [2.24, 2.45) is 5.92 Å². The van der Waals surface area contributed by atoms with E-state index in [0.29, 0.717) is 25.3 Å². The van der Waals surface area contributed by atoms with Gasteiger partial charge in [-0.05, 0) is 22.8 Å². The Kier molecular flexibility index (Phi) is 8.99. The summed E-state index contributed by atoms with van der Waals surface area (Å²) >= 11 is 0. The Morgan fingerprint density at radius 1 is 0.872 bits per heavy atom. The summed E-state index contributed by atoms with van der Waals surface area (Å²) in [5.41, 5.74) is 4.63. The number of hydrogen-bond donors (Lipinski definition) is 2. The quantitative estimate of drug-likeness (QED) is 0.223. The molecular weight excluding hydrogens is 490 g/mol. The van der Waals surface area contributed by atoms with Crippen LogP contribution in [0.2, 0.25) is 0 Å². The van der Waals surface area contributed by atoms with Crippen molar-refractivity contribution in [2.45, 2.75) is 59.2 Å². The standard InChI is InChI=1S/C31H35N5O3/c1-4-5-15-28(37)36(29(22(2)3)31(38)39,20-23-11-7-6-8-12-23)21-24-16-18-25(19-17-24)26-13-9-10-14-27(26)30-32-34-35-33-30/h6-14,16-19,22,29H,4-5,15,20-21H2,1-3H3,(H-,32,33,34,35,38,39)/p+1/t29-,36?/m1/s1. The number of nitrogens with zero attached hydrogens (tertiary/aromatic N) is 4. The van der Waals surface area contributed by atoms with Crippen molar-refractivity contribution in [1.82, 2.24) is 20.6 Å². The number of carboxylic acids is 1. The van der Waals surface area contributed by atoms with Gasteiger partial charge in [0.25, 0.3) is 0 Å². The van der Waals surface area contributed by atoms with Gasteiger partial charge in [0.2, 0.25) is 5.82 Å². The molecular formula is C31H36N5O3+. The molecule has 3 aromatic carbocycles. The zero-order valence-electron chi connectivity index (χ0n) is 22.7. The van der Waals surface area contributed by atoms with Gasteiger partial charge in [-0.3, -0.25) is 0 Å². The fourth-order valence-electron chi connectivity index (χ4n) is 5.43. The van der Waals surface area contributed by atoms with Crippen LogP contribution in [0.15, 0.2) is 78.9 Å². The van der Waals surface area contributed by atoms with E-state index in [4.69, 9.17) is 0 Å². The zero-order valence-corrected chi connectivity index (χ0v) is 22.7. The number of amides is 1. The van der Waals surface area contributed by atoms with E-state index in [1.54, 1.807) is 0 Å². The molecule has 1 amide bonds. The van der Waals surface area contributed by atoms with Crippen LogP contribution in [0.5, 0.6) is 0 Å².